The number of nitriles is 1. The molecule has 0 saturated heterocycles. The highest BCUT2D eigenvalue weighted by Gasteiger charge is 2.37. The molecule has 0 amide bonds. The second kappa shape index (κ2) is 5.12. The van der Waals surface area contributed by atoms with Gasteiger partial charge >= 0.3 is 5.97 Å². The average molecular weight is 271 g/mol. The zero-order valence-electron chi connectivity index (χ0n) is 11.2. The van der Waals surface area contributed by atoms with Gasteiger partial charge in [0, 0.05) is 5.69 Å². The van der Waals surface area contributed by atoms with E-state index in [1.54, 1.807) is 0 Å². The fourth-order valence-corrected chi connectivity index (χ4v) is 2.79. The molecule has 104 valence electrons. The molecule has 5 heteroatoms. The largest absolute Gasteiger partial charge is 0.480 e. The molecule has 0 bridgehead atoms. The van der Waals surface area contributed by atoms with E-state index in [1.165, 1.54) is 0 Å². The Hall–Kier alpha value is -2.09. The molecule has 5 nitrogen and oxygen atoms in total. The molecule has 0 spiro atoms. The lowest BCUT2D eigenvalue weighted by Crippen LogP contribution is -2.32. The highest BCUT2D eigenvalue weighted by Crippen LogP contribution is 2.35. The number of carbonyl (C=O) groups is 1. The fourth-order valence-electron chi connectivity index (χ4n) is 2.79. The second-order valence-electron chi connectivity index (χ2n) is 5.61. The number of rotatable bonds is 4. The Bertz CT molecular complexity index is 588. The fraction of sp³-hybridized carbons (Fsp3) is 0.533. The van der Waals surface area contributed by atoms with E-state index in [1.807, 2.05) is 6.07 Å². The summed E-state index contributed by atoms with van der Waals surface area (Å²) >= 11 is 0. The summed E-state index contributed by atoms with van der Waals surface area (Å²) in [5.74, 6) is -0.264. The Kier molecular flexibility index (Phi) is 3.31. The van der Waals surface area contributed by atoms with Crippen molar-refractivity contribution < 1.29 is 9.90 Å². The van der Waals surface area contributed by atoms with Gasteiger partial charge in [-0.3, -0.25) is 0 Å². The lowest BCUT2D eigenvalue weighted by Gasteiger charge is -2.20. The van der Waals surface area contributed by atoms with Crippen LogP contribution in [0.2, 0.25) is 0 Å². The molecule has 0 radical (unpaired) electrons. The van der Waals surface area contributed by atoms with Crippen molar-refractivity contribution in [2.45, 2.75) is 44.6 Å². The topological polar surface area (TPSA) is 86.0 Å². The summed E-state index contributed by atoms with van der Waals surface area (Å²) in [5, 5.41) is 21.5. The van der Waals surface area contributed by atoms with E-state index in [2.05, 4.69) is 16.4 Å². The van der Waals surface area contributed by atoms with Gasteiger partial charge in [0.15, 0.2) is 0 Å². The van der Waals surface area contributed by atoms with Gasteiger partial charge in [0.2, 0.25) is 0 Å². The third-order valence-electron chi connectivity index (χ3n) is 4.07. The molecule has 0 aromatic carbocycles. The molecule has 2 N–H and O–H groups in total. The summed E-state index contributed by atoms with van der Waals surface area (Å²) in [4.78, 5) is 15.8. The van der Waals surface area contributed by atoms with Crippen LogP contribution in [0.3, 0.4) is 0 Å². The number of aryl methyl sites for hydroxylation is 2. The molecule has 1 aromatic rings. The van der Waals surface area contributed by atoms with Gasteiger partial charge in [0.05, 0.1) is 5.56 Å². The zero-order valence-corrected chi connectivity index (χ0v) is 11.2. The minimum absolute atomic E-state index is 0.164. The summed E-state index contributed by atoms with van der Waals surface area (Å²) in [6.07, 6.45) is 5.97. The monoisotopic (exact) mass is 271 g/mol. The summed E-state index contributed by atoms with van der Waals surface area (Å²) in [6.45, 7) is 0. The van der Waals surface area contributed by atoms with Crippen molar-refractivity contribution in [3.63, 3.8) is 0 Å². The summed E-state index contributed by atoms with van der Waals surface area (Å²) in [5.41, 5.74) is 2.60. The number of carboxylic acid groups (broad SMARTS) is 1. The first-order valence-electron chi connectivity index (χ1n) is 7.11. The van der Waals surface area contributed by atoms with E-state index in [0.717, 1.165) is 49.8 Å². The number of hydrogen-bond acceptors (Lipinski definition) is 4. The van der Waals surface area contributed by atoms with Crippen molar-refractivity contribution in [1.82, 2.24) is 4.98 Å². The van der Waals surface area contributed by atoms with E-state index in [0.29, 0.717) is 11.4 Å². The molecule has 2 aliphatic carbocycles. The normalized spacial score (nSPS) is 18.8. The van der Waals surface area contributed by atoms with Crippen LogP contribution in [0.4, 0.5) is 5.82 Å². The molecular weight excluding hydrogens is 254 g/mol. The van der Waals surface area contributed by atoms with Crippen molar-refractivity contribution in [3.05, 3.63) is 22.9 Å². The maximum Gasteiger partial charge on any atom is 0.326 e. The first-order valence-corrected chi connectivity index (χ1v) is 7.11. The molecule has 1 unspecified atom stereocenters. The van der Waals surface area contributed by atoms with Crippen molar-refractivity contribution in [2.75, 3.05) is 5.32 Å². The number of pyridine rings is 1. The molecule has 3 rings (SSSR count). The molecule has 20 heavy (non-hydrogen) atoms. The van der Waals surface area contributed by atoms with Crippen LogP contribution < -0.4 is 5.32 Å². The van der Waals surface area contributed by atoms with E-state index in [4.69, 9.17) is 0 Å². The number of nitrogens with one attached hydrogen (secondary N) is 1. The molecule has 1 atom stereocenters. The first kappa shape index (κ1) is 12.9. The average Bonchev–Trinajstić information content (AvgIpc) is 3.27. The van der Waals surface area contributed by atoms with Crippen LogP contribution in [0.1, 0.15) is 42.5 Å². The van der Waals surface area contributed by atoms with Gasteiger partial charge < -0.3 is 10.4 Å². The second-order valence-corrected chi connectivity index (χ2v) is 5.61. The standard InChI is InChI=1S/C15H17N3O2/c16-8-11-7-10-3-1-2-4-12(10)17-14(11)18-13(15(19)20)9-5-6-9/h7,9,13H,1-6H2,(H,17,18)(H,19,20). The van der Waals surface area contributed by atoms with Gasteiger partial charge in [0.1, 0.15) is 17.9 Å². The van der Waals surface area contributed by atoms with Crippen LogP contribution in [-0.2, 0) is 17.6 Å². The summed E-state index contributed by atoms with van der Waals surface area (Å²) in [7, 11) is 0. The van der Waals surface area contributed by atoms with Crippen molar-refractivity contribution >= 4 is 11.8 Å². The Morgan fingerprint density at radius 1 is 1.45 bits per heavy atom. The molecule has 2 aliphatic rings. The summed E-state index contributed by atoms with van der Waals surface area (Å²) in [6, 6.07) is 3.37. The van der Waals surface area contributed by atoms with E-state index < -0.39 is 12.0 Å². The highest BCUT2D eigenvalue weighted by atomic mass is 16.4. The maximum atomic E-state index is 11.3. The first-order chi connectivity index (χ1) is 9.69. The van der Waals surface area contributed by atoms with Gasteiger partial charge in [-0.15, -0.1) is 0 Å². The zero-order chi connectivity index (χ0) is 14.1. The van der Waals surface area contributed by atoms with Crippen LogP contribution in [0, 0.1) is 17.2 Å². The maximum absolute atomic E-state index is 11.3. The number of carboxylic acids is 1. The predicted molar refractivity (Wildman–Crippen MR) is 73.4 cm³/mol. The molecule has 1 fully saturated rings. The number of anilines is 1. The molecular formula is C15H17N3O2. The van der Waals surface area contributed by atoms with Crippen molar-refractivity contribution in [2.24, 2.45) is 5.92 Å². The minimum Gasteiger partial charge on any atom is -0.480 e. The Balaban J connectivity index is 1.91. The van der Waals surface area contributed by atoms with Crippen LogP contribution >= 0.6 is 0 Å². The number of nitrogens with zero attached hydrogens (tertiary/aromatic N) is 2. The third-order valence-corrected chi connectivity index (χ3v) is 4.07. The van der Waals surface area contributed by atoms with Crippen molar-refractivity contribution in [3.8, 4) is 6.07 Å². The smallest absolute Gasteiger partial charge is 0.326 e. The Labute approximate surface area is 117 Å². The molecule has 1 heterocycles. The van der Waals surface area contributed by atoms with Crippen LogP contribution in [0.15, 0.2) is 6.07 Å². The predicted octanol–water partition coefficient (Wildman–Crippen LogP) is 2.11. The van der Waals surface area contributed by atoms with Crippen LogP contribution in [0.25, 0.3) is 0 Å². The number of fused-ring (bicyclic) bond motifs is 1. The van der Waals surface area contributed by atoms with Gasteiger partial charge in [0.25, 0.3) is 0 Å². The SMILES string of the molecule is N#Cc1cc2c(nc1NC(C(=O)O)C1CC1)CCCC2. The van der Waals surface area contributed by atoms with Crippen molar-refractivity contribution in [1.29, 1.82) is 5.26 Å². The van der Waals surface area contributed by atoms with E-state index >= 15 is 0 Å². The molecule has 1 aromatic heterocycles. The van der Waals surface area contributed by atoms with Crippen LogP contribution in [0.5, 0.6) is 0 Å². The number of aliphatic carboxylic acids is 1. The van der Waals surface area contributed by atoms with E-state index in [9.17, 15) is 15.2 Å². The van der Waals surface area contributed by atoms with Gasteiger partial charge in [-0.25, -0.2) is 9.78 Å². The lowest BCUT2D eigenvalue weighted by molar-refractivity contribution is -0.138. The third kappa shape index (κ3) is 2.46. The number of aromatic nitrogens is 1. The van der Waals surface area contributed by atoms with Gasteiger partial charge in [-0.1, -0.05) is 0 Å². The lowest BCUT2D eigenvalue weighted by atomic mass is 9.95. The Morgan fingerprint density at radius 2 is 2.20 bits per heavy atom. The van der Waals surface area contributed by atoms with Gasteiger partial charge in [-0.2, -0.15) is 5.26 Å². The summed E-state index contributed by atoms with van der Waals surface area (Å²) < 4.78 is 0. The number of hydrogen-bond donors (Lipinski definition) is 2. The quantitative estimate of drug-likeness (QED) is 0.875. The van der Waals surface area contributed by atoms with E-state index in [-0.39, 0.29) is 5.92 Å². The molecule has 0 aliphatic heterocycles. The van der Waals surface area contributed by atoms with Gasteiger partial charge in [-0.05, 0) is 56.1 Å². The van der Waals surface area contributed by atoms with Crippen LogP contribution in [-0.4, -0.2) is 22.1 Å². The highest BCUT2D eigenvalue weighted by molar-refractivity contribution is 5.78. The molecule has 1 saturated carbocycles. The minimum atomic E-state index is -0.865. The Morgan fingerprint density at radius 3 is 2.85 bits per heavy atom.